The molecule has 0 aliphatic carbocycles. The first-order chi connectivity index (χ1) is 7.20. The van der Waals surface area contributed by atoms with E-state index in [1.807, 2.05) is 24.3 Å². The van der Waals surface area contributed by atoms with Crippen molar-refractivity contribution in [1.29, 1.82) is 0 Å². The largest absolute Gasteiger partial charge is 0.497 e. The Morgan fingerprint density at radius 2 is 2.07 bits per heavy atom. The Kier molecular flexibility index (Phi) is 2.37. The number of ketones is 1. The van der Waals surface area contributed by atoms with Crippen LogP contribution in [0.5, 0.6) is 5.75 Å². The third kappa shape index (κ3) is 1.81. The van der Waals surface area contributed by atoms with Crippen molar-refractivity contribution < 1.29 is 9.53 Å². The lowest BCUT2D eigenvalue weighted by atomic mass is 10.1. The number of rotatable bonds is 2. The van der Waals surface area contributed by atoms with Crippen LogP contribution in [0.1, 0.15) is 17.4 Å². The number of pyridine rings is 1. The molecule has 0 aliphatic rings. The summed E-state index contributed by atoms with van der Waals surface area (Å²) in [5, 5.41) is 0.972. The highest BCUT2D eigenvalue weighted by atomic mass is 16.5. The van der Waals surface area contributed by atoms with E-state index in [1.54, 1.807) is 13.2 Å². The van der Waals surface area contributed by atoms with Gasteiger partial charge in [-0.2, -0.15) is 0 Å². The summed E-state index contributed by atoms with van der Waals surface area (Å²) in [6, 6.07) is 9.18. The standard InChI is InChI=1S/C12H11NO2/c1-8(14)11-5-3-9-7-10(15-2)4-6-12(9)13-11/h3-7H,1-2H3. The van der Waals surface area contributed by atoms with Gasteiger partial charge < -0.3 is 4.74 Å². The molecule has 0 saturated heterocycles. The van der Waals surface area contributed by atoms with Gasteiger partial charge in [0.1, 0.15) is 11.4 Å². The van der Waals surface area contributed by atoms with Crippen LogP contribution in [0.2, 0.25) is 0 Å². The van der Waals surface area contributed by atoms with Gasteiger partial charge in [0.15, 0.2) is 5.78 Å². The van der Waals surface area contributed by atoms with E-state index in [0.717, 1.165) is 16.7 Å². The number of hydrogen-bond donors (Lipinski definition) is 0. The minimum atomic E-state index is -0.0206. The molecule has 0 N–H and O–H groups in total. The van der Waals surface area contributed by atoms with Gasteiger partial charge in [0, 0.05) is 12.3 Å². The van der Waals surface area contributed by atoms with Gasteiger partial charge in [-0.25, -0.2) is 4.98 Å². The average molecular weight is 201 g/mol. The Hall–Kier alpha value is -1.90. The molecule has 15 heavy (non-hydrogen) atoms. The van der Waals surface area contributed by atoms with Gasteiger partial charge in [-0.15, -0.1) is 0 Å². The lowest BCUT2D eigenvalue weighted by Gasteiger charge is -2.02. The van der Waals surface area contributed by atoms with Crippen LogP contribution in [0.4, 0.5) is 0 Å². The Morgan fingerprint density at radius 3 is 2.73 bits per heavy atom. The molecular formula is C12H11NO2. The van der Waals surface area contributed by atoms with Crippen LogP contribution in [-0.2, 0) is 0 Å². The van der Waals surface area contributed by atoms with Crippen molar-refractivity contribution in [3.63, 3.8) is 0 Å². The van der Waals surface area contributed by atoms with Gasteiger partial charge in [0.2, 0.25) is 0 Å². The second-order valence-electron chi connectivity index (χ2n) is 3.31. The van der Waals surface area contributed by atoms with Crippen LogP contribution < -0.4 is 4.74 Å². The number of methoxy groups -OCH3 is 1. The van der Waals surface area contributed by atoms with Crippen LogP contribution in [0.3, 0.4) is 0 Å². The highest BCUT2D eigenvalue weighted by Crippen LogP contribution is 2.19. The van der Waals surface area contributed by atoms with Crippen LogP contribution >= 0.6 is 0 Å². The van der Waals surface area contributed by atoms with Gasteiger partial charge >= 0.3 is 0 Å². The Morgan fingerprint density at radius 1 is 1.27 bits per heavy atom. The van der Waals surface area contributed by atoms with Crippen LogP contribution in [0, 0.1) is 0 Å². The lowest BCUT2D eigenvalue weighted by Crippen LogP contribution is -1.96. The molecule has 0 bridgehead atoms. The van der Waals surface area contributed by atoms with Gasteiger partial charge in [-0.3, -0.25) is 4.79 Å². The first-order valence-corrected chi connectivity index (χ1v) is 4.66. The van der Waals surface area contributed by atoms with Crippen molar-refractivity contribution in [1.82, 2.24) is 4.98 Å². The Bertz CT molecular complexity index is 520. The van der Waals surface area contributed by atoms with Crippen LogP contribution in [0.25, 0.3) is 10.9 Å². The van der Waals surface area contributed by atoms with Crippen molar-refractivity contribution in [3.8, 4) is 5.75 Å². The summed E-state index contributed by atoms with van der Waals surface area (Å²) < 4.78 is 5.11. The van der Waals surface area contributed by atoms with Crippen molar-refractivity contribution in [2.45, 2.75) is 6.92 Å². The first kappa shape index (κ1) is 9.65. The van der Waals surface area contributed by atoms with E-state index in [1.165, 1.54) is 6.92 Å². The van der Waals surface area contributed by atoms with Gasteiger partial charge in [0.25, 0.3) is 0 Å². The zero-order valence-corrected chi connectivity index (χ0v) is 8.65. The molecule has 0 aliphatic heterocycles. The summed E-state index contributed by atoms with van der Waals surface area (Å²) in [5.74, 6) is 0.771. The molecule has 3 nitrogen and oxygen atoms in total. The topological polar surface area (TPSA) is 39.2 Å². The molecule has 0 fully saturated rings. The predicted octanol–water partition coefficient (Wildman–Crippen LogP) is 2.45. The maximum Gasteiger partial charge on any atom is 0.178 e. The Labute approximate surface area is 87.7 Å². The molecule has 2 aromatic rings. The summed E-state index contributed by atoms with van der Waals surface area (Å²) >= 11 is 0. The summed E-state index contributed by atoms with van der Waals surface area (Å²) in [6.07, 6.45) is 0. The molecule has 2 rings (SSSR count). The van der Waals surface area contributed by atoms with E-state index in [9.17, 15) is 4.79 Å². The number of benzene rings is 1. The molecule has 0 amide bonds. The molecule has 76 valence electrons. The fraction of sp³-hybridized carbons (Fsp3) is 0.167. The fourth-order valence-corrected chi connectivity index (χ4v) is 1.43. The van der Waals surface area contributed by atoms with E-state index in [2.05, 4.69) is 4.98 Å². The Balaban J connectivity index is 2.59. The number of ether oxygens (including phenoxy) is 1. The van der Waals surface area contributed by atoms with E-state index < -0.39 is 0 Å². The molecule has 1 aromatic heterocycles. The molecule has 0 radical (unpaired) electrons. The van der Waals surface area contributed by atoms with Gasteiger partial charge in [-0.05, 0) is 24.3 Å². The molecular weight excluding hydrogens is 190 g/mol. The maximum absolute atomic E-state index is 11.1. The van der Waals surface area contributed by atoms with Gasteiger partial charge in [-0.1, -0.05) is 6.07 Å². The summed E-state index contributed by atoms with van der Waals surface area (Å²) in [5.41, 5.74) is 1.30. The normalized spacial score (nSPS) is 10.3. The minimum Gasteiger partial charge on any atom is -0.497 e. The van der Waals surface area contributed by atoms with Crippen molar-refractivity contribution in [2.24, 2.45) is 0 Å². The molecule has 1 aromatic carbocycles. The van der Waals surface area contributed by atoms with Gasteiger partial charge in [0.05, 0.1) is 12.6 Å². The zero-order valence-electron chi connectivity index (χ0n) is 8.65. The molecule has 0 atom stereocenters. The minimum absolute atomic E-state index is 0.0206. The summed E-state index contributed by atoms with van der Waals surface area (Å²) in [6.45, 7) is 1.51. The number of fused-ring (bicyclic) bond motifs is 1. The predicted molar refractivity (Wildman–Crippen MR) is 58.3 cm³/mol. The van der Waals surface area contributed by atoms with E-state index >= 15 is 0 Å². The van der Waals surface area contributed by atoms with E-state index in [-0.39, 0.29) is 5.78 Å². The van der Waals surface area contributed by atoms with Crippen molar-refractivity contribution in [3.05, 3.63) is 36.0 Å². The highest BCUT2D eigenvalue weighted by molar-refractivity contribution is 5.94. The molecule has 0 unspecified atom stereocenters. The molecule has 1 heterocycles. The smallest absolute Gasteiger partial charge is 0.178 e. The lowest BCUT2D eigenvalue weighted by molar-refractivity contribution is 0.101. The average Bonchev–Trinajstić information content (AvgIpc) is 2.27. The third-order valence-electron chi connectivity index (χ3n) is 2.26. The second kappa shape index (κ2) is 3.69. The number of hydrogen-bond acceptors (Lipinski definition) is 3. The summed E-state index contributed by atoms with van der Waals surface area (Å²) in [7, 11) is 1.62. The van der Waals surface area contributed by atoms with Crippen molar-refractivity contribution >= 4 is 16.7 Å². The second-order valence-corrected chi connectivity index (χ2v) is 3.31. The molecule has 0 spiro atoms. The number of nitrogens with zero attached hydrogens (tertiary/aromatic N) is 1. The first-order valence-electron chi connectivity index (χ1n) is 4.66. The fourth-order valence-electron chi connectivity index (χ4n) is 1.43. The number of carbonyl (C=O) groups is 1. The highest BCUT2D eigenvalue weighted by Gasteiger charge is 2.03. The number of carbonyl (C=O) groups excluding carboxylic acids is 1. The third-order valence-corrected chi connectivity index (χ3v) is 2.26. The van der Waals surface area contributed by atoms with Crippen molar-refractivity contribution in [2.75, 3.05) is 7.11 Å². The van der Waals surface area contributed by atoms with E-state index in [4.69, 9.17) is 4.74 Å². The van der Waals surface area contributed by atoms with Crippen LogP contribution in [-0.4, -0.2) is 17.9 Å². The maximum atomic E-state index is 11.1. The van der Waals surface area contributed by atoms with E-state index in [0.29, 0.717) is 5.69 Å². The SMILES string of the molecule is COc1ccc2nc(C(C)=O)ccc2c1. The molecule has 0 saturated carbocycles. The quantitative estimate of drug-likeness (QED) is 0.700. The monoisotopic (exact) mass is 201 g/mol. The van der Waals surface area contributed by atoms with Crippen LogP contribution in [0.15, 0.2) is 30.3 Å². The summed E-state index contributed by atoms with van der Waals surface area (Å²) in [4.78, 5) is 15.4. The molecule has 3 heteroatoms. The number of Topliss-reactive ketones (excluding diaryl/α,β-unsaturated/α-hetero) is 1. The number of aromatic nitrogens is 1. The zero-order chi connectivity index (χ0) is 10.8.